The van der Waals surface area contributed by atoms with Gasteiger partial charge in [0.2, 0.25) is 5.91 Å². The molecule has 0 bridgehead atoms. The lowest BCUT2D eigenvalue weighted by Gasteiger charge is -2.29. The summed E-state index contributed by atoms with van der Waals surface area (Å²) >= 11 is 0. The zero-order valence-electron chi connectivity index (χ0n) is 10.1. The molecule has 0 spiro atoms. The molecule has 1 heterocycles. The van der Waals surface area contributed by atoms with Crippen molar-refractivity contribution in [2.75, 3.05) is 13.6 Å². The molecule has 0 unspecified atom stereocenters. The van der Waals surface area contributed by atoms with Gasteiger partial charge >= 0.3 is 0 Å². The molecule has 4 heteroatoms. The van der Waals surface area contributed by atoms with Crippen LogP contribution in [0.1, 0.15) is 42.8 Å². The summed E-state index contributed by atoms with van der Waals surface area (Å²) in [6.45, 7) is 0.991. The Balaban J connectivity index is 0. The van der Waals surface area contributed by atoms with Crippen LogP contribution in [0.5, 0.6) is 0 Å². The molecule has 1 aliphatic carbocycles. The molecule has 2 fully saturated rings. The first-order valence-corrected chi connectivity index (χ1v) is 6.50. The fraction of sp³-hybridized carbons (Fsp3) is 0.917. The molecule has 4 nitrogen and oxygen atoms in total. The van der Waals surface area contributed by atoms with Crippen LogP contribution in [0.15, 0.2) is 0 Å². The Kier molecular flexibility index (Phi) is 4.18. The van der Waals surface area contributed by atoms with Gasteiger partial charge in [0.15, 0.2) is 0 Å². The van der Waals surface area contributed by atoms with E-state index in [1.807, 2.05) is 7.05 Å². The molecule has 0 radical (unpaired) electrons. The maximum Gasteiger partial charge on any atom is 0.237 e. The summed E-state index contributed by atoms with van der Waals surface area (Å²) < 4.78 is 0. The number of rotatable bonds is 3. The van der Waals surface area contributed by atoms with E-state index >= 15 is 0 Å². The lowest BCUT2D eigenvalue weighted by molar-refractivity contribution is -0.123. The summed E-state index contributed by atoms with van der Waals surface area (Å²) in [5, 5.41) is 9.73. The molecule has 0 aromatic heterocycles. The Hall–Kier alpha value is -0.610. The van der Waals surface area contributed by atoms with Crippen molar-refractivity contribution in [2.45, 2.75) is 56.7 Å². The van der Waals surface area contributed by atoms with Crippen LogP contribution in [0, 0.1) is 0 Å². The number of amides is 1. The first kappa shape index (κ1) is 11.9. The van der Waals surface area contributed by atoms with E-state index in [1.165, 1.54) is 12.8 Å². The number of nitrogens with one attached hydrogen (secondary N) is 3. The van der Waals surface area contributed by atoms with Crippen LogP contribution < -0.4 is 16.0 Å². The fourth-order valence-corrected chi connectivity index (χ4v) is 2.74. The highest BCUT2D eigenvalue weighted by atomic mass is 16.2. The molecule has 1 atom stereocenters. The van der Waals surface area contributed by atoms with Crippen molar-refractivity contribution in [1.82, 2.24) is 16.0 Å². The van der Waals surface area contributed by atoms with Crippen LogP contribution in [-0.4, -0.2) is 37.6 Å². The molecule has 2 aliphatic rings. The molecule has 0 aromatic rings. The Morgan fingerprint density at radius 2 is 1.88 bits per heavy atom. The van der Waals surface area contributed by atoms with Crippen molar-refractivity contribution in [2.24, 2.45) is 0 Å². The van der Waals surface area contributed by atoms with Crippen LogP contribution >= 0.6 is 0 Å². The topological polar surface area (TPSA) is 53.2 Å². The molecule has 16 heavy (non-hydrogen) atoms. The van der Waals surface area contributed by atoms with Gasteiger partial charge in [-0.05, 0) is 52.1 Å². The largest absolute Gasteiger partial charge is 0.352 e. The molecule has 98 valence electrons. The van der Waals surface area contributed by atoms with Gasteiger partial charge in [-0.15, -0.1) is 0 Å². The molecule has 1 saturated heterocycles. The van der Waals surface area contributed by atoms with E-state index in [0.29, 0.717) is 12.1 Å². The Morgan fingerprint density at radius 3 is 2.44 bits per heavy atom. The summed E-state index contributed by atoms with van der Waals surface area (Å²) in [7, 11) is 2.02. The predicted molar refractivity (Wildman–Crippen MR) is 70.6 cm³/mol. The fourth-order valence-electron chi connectivity index (χ4n) is 2.74. The zero-order chi connectivity index (χ0) is 11.4. The second-order valence-electron chi connectivity index (χ2n) is 4.99. The smallest absolute Gasteiger partial charge is 0.237 e. The number of carbonyl (C=O) groups is 1. The van der Waals surface area contributed by atoms with Crippen molar-refractivity contribution >= 4 is 5.91 Å². The number of carbonyl (C=O) groups excluding carboxylic acids is 1. The van der Waals surface area contributed by atoms with Crippen LogP contribution in [0.25, 0.3) is 0 Å². The zero-order valence-corrected chi connectivity index (χ0v) is 10.1. The molecular formula is C12H29N3O. The van der Waals surface area contributed by atoms with Gasteiger partial charge < -0.3 is 16.0 Å². The van der Waals surface area contributed by atoms with Gasteiger partial charge in [-0.1, -0.05) is 0 Å². The average molecular weight is 231 g/mol. The Morgan fingerprint density at radius 1 is 1.19 bits per heavy atom. The van der Waals surface area contributed by atoms with Gasteiger partial charge in [-0.3, -0.25) is 4.79 Å². The van der Waals surface area contributed by atoms with Crippen molar-refractivity contribution < 1.29 is 9.07 Å². The van der Waals surface area contributed by atoms with Crippen LogP contribution in [0.2, 0.25) is 0 Å². The van der Waals surface area contributed by atoms with Gasteiger partial charge in [0.25, 0.3) is 0 Å². The third-order valence-corrected chi connectivity index (χ3v) is 3.86. The lowest BCUT2D eigenvalue weighted by Crippen LogP contribution is -2.47. The van der Waals surface area contributed by atoms with Crippen molar-refractivity contribution in [3.63, 3.8) is 0 Å². The maximum absolute atomic E-state index is 11.9. The summed E-state index contributed by atoms with van der Waals surface area (Å²) in [4.78, 5) is 11.9. The summed E-state index contributed by atoms with van der Waals surface area (Å²) in [6, 6.07) is 1.12. The van der Waals surface area contributed by atoms with E-state index in [-0.39, 0.29) is 16.2 Å². The minimum absolute atomic E-state index is 0. The number of hydrogen-bond acceptors (Lipinski definition) is 3. The first-order valence-electron chi connectivity index (χ1n) is 6.50. The van der Waals surface area contributed by atoms with Crippen molar-refractivity contribution in [3.8, 4) is 0 Å². The van der Waals surface area contributed by atoms with E-state index in [2.05, 4.69) is 16.0 Å². The van der Waals surface area contributed by atoms with Crippen molar-refractivity contribution in [3.05, 3.63) is 0 Å². The summed E-state index contributed by atoms with van der Waals surface area (Å²) in [5.74, 6) is 0.213. The molecule has 1 aliphatic heterocycles. The third-order valence-electron chi connectivity index (χ3n) is 3.86. The highest BCUT2D eigenvalue weighted by molar-refractivity contribution is 5.82. The highest BCUT2D eigenvalue weighted by Gasteiger charge is 2.26. The molecular weight excluding hydrogens is 202 g/mol. The van der Waals surface area contributed by atoms with Crippen LogP contribution in [0.4, 0.5) is 0 Å². The second-order valence-corrected chi connectivity index (χ2v) is 4.99. The minimum Gasteiger partial charge on any atom is -0.352 e. The second kappa shape index (κ2) is 5.64. The monoisotopic (exact) mass is 231 g/mol. The summed E-state index contributed by atoms with van der Waals surface area (Å²) in [6.07, 6.45) is 6.72. The summed E-state index contributed by atoms with van der Waals surface area (Å²) in [5.41, 5.74) is 0. The molecule has 2 rings (SSSR count). The van der Waals surface area contributed by atoms with Crippen LogP contribution in [0.3, 0.4) is 0 Å². The quantitative estimate of drug-likeness (QED) is 0.682. The third kappa shape index (κ3) is 2.95. The van der Waals surface area contributed by atoms with E-state index in [0.717, 1.165) is 32.2 Å². The minimum atomic E-state index is 0. The van der Waals surface area contributed by atoms with Gasteiger partial charge in [-0.2, -0.15) is 0 Å². The average Bonchev–Trinajstić information content (AvgIpc) is 2.83. The van der Waals surface area contributed by atoms with Gasteiger partial charge in [-0.25, -0.2) is 0 Å². The maximum atomic E-state index is 11.9. The molecule has 0 aromatic carbocycles. The van der Waals surface area contributed by atoms with E-state index < -0.39 is 0 Å². The van der Waals surface area contributed by atoms with Gasteiger partial charge in [0.1, 0.15) is 0 Å². The molecule has 1 saturated carbocycles. The standard InChI is InChI=1S/C12H23N3O.3H2/c1-13-9-4-6-10(7-5-9)15-12(16)11-3-2-8-14-11;;;/h9-11,13-14H,2-8H2,1H3,(H,15,16);3*1H/t9?,10?,11-;;;/m1.../s1. The molecule has 3 N–H and O–H groups in total. The van der Waals surface area contributed by atoms with E-state index in [9.17, 15) is 4.79 Å². The normalized spacial score (nSPS) is 34.9. The predicted octanol–water partition coefficient (Wildman–Crippen LogP) is 1.12. The van der Waals surface area contributed by atoms with Crippen molar-refractivity contribution in [1.29, 1.82) is 0 Å². The van der Waals surface area contributed by atoms with E-state index in [4.69, 9.17) is 0 Å². The Bertz CT molecular complexity index is 242. The first-order chi connectivity index (χ1) is 7.79. The van der Waals surface area contributed by atoms with Crippen LogP contribution in [-0.2, 0) is 4.79 Å². The highest BCUT2D eigenvalue weighted by Crippen LogP contribution is 2.18. The Labute approximate surface area is 102 Å². The van der Waals surface area contributed by atoms with Gasteiger partial charge in [0, 0.05) is 16.4 Å². The SMILES string of the molecule is CNC1CCC(NC(=O)[C@H]2CCCN2)CC1.[HH].[HH].[HH]. The number of hydrogen-bond donors (Lipinski definition) is 3. The molecule has 1 amide bonds. The lowest BCUT2D eigenvalue weighted by atomic mass is 9.91. The van der Waals surface area contributed by atoms with Gasteiger partial charge in [0.05, 0.1) is 6.04 Å². The van der Waals surface area contributed by atoms with E-state index in [1.54, 1.807) is 0 Å².